The lowest BCUT2D eigenvalue weighted by atomic mass is 10.2. The van der Waals surface area contributed by atoms with Gasteiger partial charge in [-0.3, -0.25) is 19.0 Å². The molecule has 0 atom stereocenters. The van der Waals surface area contributed by atoms with Crippen molar-refractivity contribution in [1.29, 1.82) is 0 Å². The van der Waals surface area contributed by atoms with Gasteiger partial charge in [0.1, 0.15) is 6.54 Å². The van der Waals surface area contributed by atoms with Crippen molar-refractivity contribution < 1.29 is 14.0 Å². The third-order valence-electron chi connectivity index (χ3n) is 4.29. The Morgan fingerprint density at radius 2 is 1.87 bits per heavy atom. The maximum absolute atomic E-state index is 12.6. The summed E-state index contributed by atoms with van der Waals surface area (Å²) in [5, 5.41) is 6.12. The molecule has 2 amide bonds. The number of rotatable bonds is 5. The second-order valence-corrected chi connectivity index (χ2v) is 6.80. The van der Waals surface area contributed by atoms with Gasteiger partial charge in [0.05, 0.1) is 34.9 Å². The van der Waals surface area contributed by atoms with Crippen LogP contribution in [0, 0.1) is 0 Å². The van der Waals surface area contributed by atoms with Gasteiger partial charge in [-0.2, -0.15) is 0 Å². The molecule has 2 aromatic heterocycles. The Morgan fingerprint density at radius 3 is 2.67 bits per heavy atom. The molecule has 9 heteroatoms. The van der Waals surface area contributed by atoms with Crippen LogP contribution in [0.15, 0.2) is 76.4 Å². The van der Waals surface area contributed by atoms with Crippen LogP contribution in [0.25, 0.3) is 10.9 Å². The topological polar surface area (TPSA) is 106 Å². The smallest absolute Gasteiger partial charge is 0.291 e. The Bertz CT molecular complexity index is 1300. The number of nitrogens with one attached hydrogen (secondary N) is 2. The van der Waals surface area contributed by atoms with Crippen molar-refractivity contribution in [3.63, 3.8) is 0 Å². The lowest BCUT2D eigenvalue weighted by Crippen LogP contribution is -2.28. The van der Waals surface area contributed by atoms with Crippen LogP contribution in [0.5, 0.6) is 0 Å². The highest BCUT2D eigenvalue weighted by Gasteiger charge is 2.14. The SMILES string of the molecule is O=C(Cn1cnc2ccccc2c1=O)Nc1ccc(Cl)cc1NC(=O)c1ccco1. The van der Waals surface area contributed by atoms with Crippen LogP contribution in [0.1, 0.15) is 10.6 Å². The predicted molar refractivity (Wildman–Crippen MR) is 113 cm³/mol. The Hall–Kier alpha value is -3.91. The summed E-state index contributed by atoms with van der Waals surface area (Å²) in [6.45, 7) is -0.245. The number of carbonyl (C=O) groups is 2. The van der Waals surface area contributed by atoms with Crippen molar-refractivity contribution in [1.82, 2.24) is 9.55 Å². The quantitative estimate of drug-likeness (QED) is 0.511. The minimum Gasteiger partial charge on any atom is -0.459 e. The maximum atomic E-state index is 12.6. The summed E-state index contributed by atoms with van der Waals surface area (Å²) in [5.74, 6) is -0.848. The van der Waals surface area contributed by atoms with E-state index >= 15 is 0 Å². The van der Waals surface area contributed by atoms with Gasteiger partial charge in [0.25, 0.3) is 11.5 Å². The molecule has 0 saturated carbocycles. The monoisotopic (exact) mass is 422 g/mol. The zero-order valence-electron chi connectivity index (χ0n) is 15.5. The molecule has 0 saturated heterocycles. The molecular weight excluding hydrogens is 408 g/mol. The molecule has 2 aromatic carbocycles. The molecule has 0 aliphatic carbocycles. The number of furan rings is 1. The van der Waals surface area contributed by atoms with E-state index in [0.29, 0.717) is 27.3 Å². The Kier molecular flexibility index (Phi) is 5.32. The van der Waals surface area contributed by atoms with E-state index in [0.717, 1.165) is 0 Å². The van der Waals surface area contributed by atoms with Crippen LogP contribution in [0.2, 0.25) is 5.02 Å². The van der Waals surface area contributed by atoms with Crippen LogP contribution in [0.4, 0.5) is 11.4 Å². The van der Waals surface area contributed by atoms with Gasteiger partial charge in [0, 0.05) is 5.02 Å². The molecular formula is C21H15ClN4O4. The van der Waals surface area contributed by atoms with E-state index < -0.39 is 11.8 Å². The number of hydrogen-bond donors (Lipinski definition) is 2. The number of anilines is 2. The first-order valence-electron chi connectivity index (χ1n) is 8.90. The molecule has 0 aliphatic heterocycles. The Labute approximate surface area is 175 Å². The van der Waals surface area contributed by atoms with Crippen LogP contribution in [-0.2, 0) is 11.3 Å². The van der Waals surface area contributed by atoms with Gasteiger partial charge >= 0.3 is 0 Å². The first kappa shape index (κ1) is 19.4. The van der Waals surface area contributed by atoms with E-state index in [9.17, 15) is 14.4 Å². The fourth-order valence-corrected chi connectivity index (χ4v) is 3.06. The highest BCUT2D eigenvalue weighted by molar-refractivity contribution is 6.31. The number of fused-ring (bicyclic) bond motifs is 1. The number of carbonyl (C=O) groups excluding carboxylic acids is 2. The number of benzene rings is 2. The van der Waals surface area contributed by atoms with E-state index in [1.54, 1.807) is 42.5 Å². The molecule has 30 heavy (non-hydrogen) atoms. The average molecular weight is 423 g/mol. The zero-order chi connectivity index (χ0) is 21.1. The van der Waals surface area contributed by atoms with Crippen molar-refractivity contribution in [2.24, 2.45) is 0 Å². The molecule has 4 aromatic rings. The first-order valence-corrected chi connectivity index (χ1v) is 9.27. The zero-order valence-corrected chi connectivity index (χ0v) is 16.2. The molecule has 4 rings (SSSR count). The summed E-state index contributed by atoms with van der Waals surface area (Å²) in [6, 6.07) is 14.6. The van der Waals surface area contributed by atoms with E-state index in [2.05, 4.69) is 15.6 Å². The van der Waals surface area contributed by atoms with Crippen molar-refractivity contribution >= 4 is 45.7 Å². The number of nitrogens with zero attached hydrogens (tertiary/aromatic N) is 2. The lowest BCUT2D eigenvalue weighted by molar-refractivity contribution is -0.116. The Balaban J connectivity index is 1.54. The van der Waals surface area contributed by atoms with Crippen LogP contribution in [-0.4, -0.2) is 21.4 Å². The summed E-state index contributed by atoms with van der Waals surface area (Å²) >= 11 is 6.03. The van der Waals surface area contributed by atoms with Crippen LogP contribution in [0.3, 0.4) is 0 Å². The van der Waals surface area contributed by atoms with Gasteiger partial charge in [0.2, 0.25) is 5.91 Å². The van der Waals surface area contributed by atoms with E-state index in [4.69, 9.17) is 16.0 Å². The fraction of sp³-hybridized carbons (Fsp3) is 0.0476. The summed E-state index contributed by atoms with van der Waals surface area (Å²) in [7, 11) is 0. The molecule has 0 fully saturated rings. The molecule has 0 radical (unpaired) electrons. The summed E-state index contributed by atoms with van der Waals surface area (Å²) in [5.41, 5.74) is 0.852. The second-order valence-electron chi connectivity index (χ2n) is 6.36. The van der Waals surface area contributed by atoms with Gasteiger partial charge in [-0.25, -0.2) is 4.98 Å². The molecule has 0 bridgehead atoms. The third-order valence-corrected chi connectivity index (χ3v) is 4.53. The number of amides is 2. The standard InChI is InChI=1S/C21H15ClN4O4/c22-13-7-8-16(17(10-13)25-20(28)18-6-3-9-30-18)24-19(27)11-26-12-23-15-5-2-1-4-14(15)21(26)29/h1-10,12H,11H2,(H,24,27)(H,25,28). The summed E-state index contributed by atoms with van der Waals surface area (Å²) in [6.07, 6.45) is 2.70. The molecule has 150 valence electrons. The molecule has 2 N–H and O–H groups in total. The van der Waals surface area contributed by atoms with Crippen LogP contribution < -0.4 is 16.2 Å². The normalized spacial score (nSPS) is 10.7. The molecule has 0 aliphatic rings. The van der Waals surface area contributed by atoms with Gasteiger partial charge < -0.3 is 15.1 Å². The van der Waals surface area contributed by atoms with Gasteiger partial charge in [-0.1, -0.05) is 23.7 Å². The van der Waals surface area contributed by atoms with Gasteiger partial charge in [-0.15, -0.1) is 0 Å². The fourth-order valence-electron chi connectivity index (χ4n) is 2.88. The maximum Gasteiger partial charge on any atom is 0.291 e. The van der Waals surface area contributed by atoms with Crippen LogP contribution >= 0.6 is 11.6 Å². The van der Waals surface area contributed by atoms with Gasteiger partial charge in [0.15, 0.2) is 5.76 Å². The average Bonchev–Trinajstić information content (AvgIpc) is 3.27. The third kappa shape index (κ3) is 4.08. The molecule has 2 heterocycles. The minimum atomic E-state index is -0.493. The largest absolute Gasteiger partial charge is 0.459 e. The van der Waals surface area contributed by atoms with Gasteiger partial charge in [-0.05, 0) is 42.5 Å². The van der Waals surface area contributed by atoms with E-state index in [1.165, 1.54) is 29.3 Å². The van der Waals surface area contributed by atoms with E-state index in [1.807, 2.05) is 0 Å². The Morgan fingerprint density at radius 1 is 1.03 bits per heavy atom. The summed E-state index contributed by atoms with van der Waals surface area (Å²) in [4.78, 5) is 41.6. The summed E-state index contributed by atoms with van der Waals surface area (Å²) < 4.78 is 6.29. The molecule has 0 spiro atoms. The van der Waals surface area contributed by atoms with E-state index in [-0.39, 0.29) is 17.9 Å². The lowest BCUT2D eigenvalue weighted by Gasteiger charge is -2.13. The van der Waals surface area contributed by atoms with Crippen molar-refractivity contribution in [3.8, 4) is 0 Å². The highest BCUT2D eigenvalue weighted by atomic mass is 35.5. The number of para-hydroxylation sites is 1. The van der Waals surface area contributed by atoms with Crippen molar-refractivity contribution in [2.75, 3.05) is 10.6 Å². The molecule has 0 unspecified atom stereocenters. The van der Waals surface area contributed by atoms with Crippen molar-refractivity contribution in [3.05, 3.63) is 88.3 Å². The highest BCUT2D eigenvalue weighted by Crippen LogP contribution is 2.26. The second kappa shape index (κ2) is 8.22. The first-order chi connectivity index (χ1) is 14.5. The predicted octanol–water partition coefficient (Wildman–Crippen LogP) is 3.53. The minimum absolute atomic E-state index is 0.112. The number of halogens is 1. The van der Waals surface area contributed by atoms with Crippen molar-refractivity contribution in [2.45, 2.75) is 6.54 Å². The number of hydrogen-bond acceptors (Lipinski definition) is 5. The number of aromatic nitrogens is 2. The molecule has 8 nitrogen and oxygen atoms in total.